The first-order valence-corrected chi connectivity index (χ1v) is 7.31. The van der Waals surface area contributed by atoms with Gasteiger partial charge in [0.15, 0.2) is 0 Å². The lowest BCUT2D eigenvalue weighted by molar-refractivity contribution is 0.0781. The molecule has 0 aromatic heterocycles. The minimum atomic E-state index is -0.616. The second kappa shape index (κ2) is 6.73. The molecule has 0 bridgehead atoms. The Morgan fingerprint density at radius 3 is 2.50 bits per heavy atom. The van der Waals surface area contributed by atoms with Crippen molar-refractivity contribution in [3.63, 3.8) is 0 Å². The van der Waals surface area contributed by atoms with Crippen LogP contribution >= 0.6 is 34.8 Å². The van der Waals surface area contributed by atoms with Crippen molar-refractivity contribution >= 4 is 40.7 Å². The molecule has 1 N–H and O–H groups in total. The third kappa shape index (κ3) is 3.29. The number of hydrogen-bond acceptors (Lipinski definition) is 2. The van der Waals surface area contributed by atoms with Crippen LogP contribution in [0.3, 0.4) is 0 Å². The van der Waals surface area contributed by atoms with Gasteiger partial charge in [-0.05, 0) is 12.1 Å². The normalized spacial score (nSPS) is 10.6. The van der Waals surface area contributed by atoms with Gasteiger partial charge in [-0.25, -0.2) is 4.39 Å². The average Bonchev–Trinajstić information content (AvgIpc) is 2.47. The van der Waals surface area contributed by atoms with E-state index in [0.717, 1.165) is 0 Å². The van der Waals surface area contributed by atoms with Crippen LogP contribution in [0.4, 0.5) is 4.39 Å². The summed E-state index contributed by atoms with van der Waals surface area (Å²) in [7, 11) is 1.46. The molecule has 0 saturated carbocycles. The van der Waals surface area contributed by atoms with Crippen LogP contribution in [0.5, 0.6) is 5.75 Å². The standard InChI is InChI=1S/C15H11Cl3FNO2/c1-20(7-8-4-2-3-5-11(8)19)15(22)12-13(18)9(16)6-10(17)14(12)21/h2-6,21H,7H2,1H3. The number of aromatic hydroxyl groups is 1. The molecule has 0 aliphatic rings. The van der Waals surface area contributed by atoms with E-state index in [-0.39, 0.29) is 27.2 Å². The highest BCUT2D eigenvalue weighted by Gasteiger charge is 2.24. The third-order valence-electron chi connectivity index (χ3n) is 3.07. The first-order valence-electron chi connectivity index (χ1n) is 6.18. The first kappa shape index (κ1) is 16.9. The van der Waals surface area contributed by atoms with Crippen LogP contribution in [0.1, 0.15) is 15.9 Å². The van der Waals surface area contributed by atoms with Crippen molar-refractivity contribution in [3.05, 3.63) is 62.3 Å². The Morgan fingerprint density at radius 1 is 1.23 bits per heavy atom. The summed E-state index contributed by atoms with van der Waals surface area (Å²) in [6.45, 7) is 0.00537. The Labute approximate surface area is 141 Å². The molecule has 7 heteroatoms. The van der Waals surface area contributed by atoms with Crippen LogP contribution in [-0.2, 0) is 6.54 Å². The number of carbonyl (C=O) groups excluding carboxylic acids is 1. The van der Waals surface area contributed by atoms with Crippen molar-refractivity contribution in [3.8, 4) is 5.75 Å². The molecule has 0 spiro atoms. The number of phenolic OH excluding ortho intramolecular Hbond substituents is 1. The van der Waals surface area contributed by atoms with Gasteiger partial charge in [0.05, 0.1) is 15.1 Å². The SMILES string of the molecule is CN(Cc1ccccc1F)C(=O)c1c(O)c(Cl)cc(Cl)c1Cl. The molecule has 0 unspecified atom stereocenters. The number of halogens is 4. The fraction of sp³-hybridized carbons (Fsp3) is 0.133. The van der Waals surface area contributed by atoms with Crippen LogP contribution < -0.4 is 0 Å². The molecule has 0 atom stereocenters. The van der Waals surface area contributed by atoms with E-state index in [1.165, 1.54) is 24.1 Å². The van der Waals surface area contributed by atoms with Crippen molar-refractivity contribution < 1.29 is 14.3 Å². The number of rotatable bonds is 3. The number of nitrogens with zero attached hydrogens (tertiary/aromatic N) is 1. The van der Waals surface area contributed by atoms with Gasteiger partial charge in [0.1, 0.15) is 17.1 Å². The van der Waals surface area contributed by atoms with Gasteiger partial charge in [-0.2, -0.15) is 0 Å². The Bertz CT molecular complexity index is 711. The summed E-state index contributed by atoms with van der Waals surface area (Å²) < 4.78 is 13.6. The number of hydrogen-bond donors (Lipinski definition) is 1. The molecular formula is C15H11Cl3FNO2. The van der Waals surface area contributed by atoms with Gasteiger partial charge < -0.3 is 10.0 Å². The van der Waals surface area contributed by atoms with E-state index in [4.69, 9.17) is 34.8 Å². The molecule has 2 aromatic carbocycles. The summed E-state index contributed by atoms with van der Waals surface area (Å²) in [5.41, 5.74) is 0.125. The van der Waals surface area contributed by atoms with Gasteiger partial charge in [0.25, 0.3) is 5.91 Å². The first-order chi connectivity index (χ1) is 10.3. The molecule has 0 aliphatic carbocycles. The Balaban J connectivity index is 2.34. The molecule has 22 heavy (non-hydrogen) atoms. The lowest BCUT2D eigenvalue weighted by atomic mass is 10.1. The summed E-state index contributed by atoms with van der Waals surface area (Å²) in [5, 5.41) is 9.81. The number of carbonyl (C=O) groups is 1. The highest BCUT2D eigenvalue weighted by Crippen LogP contribution is 2.39. The molecular weight excluding hydrogens is 352 g/mol. The van der Waals surface area contributed by atoms with E-state index < -0.39 is 17.5 Å². The van der Waals surface area contributed by atoms with Crippen LogP contribution in [0.15, 0.2) is 30.3 Å². The lowest BCUT2D eigenvalue weighted by Crippen LogP contribution is -2.27. The topological polar surface area (TPSA) is 40.5 Å². The summed E-state index contributed by atoms with van der Waals surface area (Å²) in [6.07, 6.45) is 0. The number of amides is 1. The maximum absolute atomic E-state index is 13.6. The molecule has 0 heterocycles. The maximum Gasteiger partial charge on any atom is 0.259 e. The second-order valence-electron chi connectivity index (χ2n) is 4.63. The van der Waals surface area contributed by atoms with Crippen molar-refractivity contribution in [2.24, 2.45) is 0 Å². The summed E-state index contributed by atoms with van der Waals surface area (Å²) in [5.74, 6) is -1.50. The zero-order valence-corrected chi connectivity index (χ0v) is 13.7. The average molecular weight is 363 g/mol. The monoisotopic (exact) mass is 361 g/mol. The fourth-order valence-corrected chi connectivity index (χ4v) is 2.61. The van der Waals surface area contributed by atoms with Crippen molar-refractivity contribution in [1.29, 1.82) is 0 Å². The predicted molar refractivity (Wildman–Crippen MR) is 85.3 cm³/mol. The highest BCUT2D eigenvalue weighted by molar-refractivity contribution is 6.45. The van der Waals surface area contributed by atoms with Gasteiger partial charge in [-0.3, -0.25) is 4.79 Å². The zero-order chi connectivity index (χ0) is 16.4. The van der Waals surface area contributed by atoms with Gasteiger partial charge >= 0.3 is 0 Å². The smallest absolute Gasteiger partial charge is 0.259 e. The summed E-state index contributed by atoms with van der Waals surface area (Å²) in [6, 6.07) is 7.33. The van der Waals surface area contributed by atoms with E-state index in [0.29, 0.717) is 5.56 Å². The van der Waals surface area contributed by atoms with Crippen molar-refractivity contribution in [1.82, 2.24) is 4.90 Å². The Kier molecular flexibility index (Phi) is 5.16. The van der Waals surface area contributed by atoms with E-state index in [1.807, 2.05) is 0 Å². The third-order valence-corrected chi connectivity index (χ3v) is 4.15. The predicted octanol–water partition coefficient (Wildman–Crippen LogP) is 4.76. The molecule has 0 saturated heterocycles. The summed E-state index contributed by atoms with van der Waals surface area (Å²) in [4.78, 5) is 13.7. The quantitative estimate of drug-likeness (QED) is 0.799. The molecule has 3 nitrogen and oxygen atoms in total. The van der Waals surface area contributed by atoms with E-state index >= 15 is 0 Å². The van der Waals surface area contributed by atoms with E-state index in [9.17, 15) is 14.3 Å². The highest BCUT2D eigenvalue weighted by atomic mass is 35.5. The minimum absolute atomic E-state index is 0.00537. The fourth-order valence-electron chi connectivity index (χ4n) is 1.93. The number of phenols is 1. The lowest BCUT2D eigenvalue weighted by Gasteiger charge is -2.19. The van der Waals surface area contributed by atoms with Gasteiger partial charge in [-0.1, -0.05) is 53.0 Å². The molecule has 1 amide bonds. The molecule has 2 aromatic rings. The zero-order valence-electron chi connectivity index (χ0n) is 11.4. The van der Waals surface area contributed by atoms with Crippen molar-refractivity contribution in [2.75, 3.05) is 7.05 Å². The van der Waals surface area contributed by atoms with Crippen LogP contribution in [0, 0.1) is 5.82 Å². The number of benzene rings is 2. The van der Waals surface area contributed by atoms with Crippen LogP contribution in [0.2, 0.25) is 15.1 Å². The van der Waals surface area contributed by atoms with Crippen molar-refractivity contribution in [2.45, 2.75) is 6.54 Å². The summed E-state index contributed by atoms with van der Waals surface area (Å²) >= 11 is 17.6. The molecule has 0 aliphatic heterocycles. The van der Waals surface area contributed by atoms with Gasteiger partial charge in [0, 0.05) is 19.2 Å². The Morgan fingerprint density at radius 2 is 1.86 bits per heavy atom. The second-order valence-corrected chi connectivity index (χ2v) is 5.82. The minimum Gasteiger partial charge on any atom is -0.505 e. The largest absolute Gasteiger partial charge is 0.505 e. The molecule has 2 rings (SSSR count). The molecule has 0 fully saturated rings. The molecule has 0 radical (unpaired) electrons. The van der Waals surface area contributed by atoms with E-state index in [1.54, 1.807) is 18.2 Å². The Hall–Kier alpha value is -1.49. The van der Waals surface area contributed by atoms with E-state index in [2.05, 4.69) is 0 Å². The van der Waals surface area contributed by atoms with Crippen LogP contribution in [-0.4, -0.2) is 23.0 Å². The van der Waals surface area contributed by atoms with Gasteiger partial charge in [0.2, 0.25) is 0 Å². The molecule has 116 valence electrons. The van der Waals surface area contributed by atoms with Crippen LogP contribution in [0.25, 0.3) is 0 Å². The van der Waals surface area contributed by atoms with Gasteiger partial charge in [-0.15, -0.1) is 0 Å². The maximum atomic E-state index is 13.6.